The summed E-state index contributed by atoms with van der Waals surface area (Å²) >= 11 is 0. The largest absolute Gasteiger partial charge is 0.486 e. The zero-order valence-corrected chi connectivity index (χ0v) is 17.7. The number of hydrogen-bond acceptors (Lipinski definition) is 1. The summed E-state index contributed by atoms with van der Waals surface area (Å²) in [5, 5.41) is 0. The van der Waals surface area contributed by atoms with Crippen molar-refractivity contribution in [1.29, 1.82) is 0 Å². The minimum atomic E-state index is -1.22. The molecule has 0 aliphatic heterocycles. The Morgan fingerprint density at radius 2 is 1.44 bits per heavy atom. The number of rotatable bonds is 7. The first kappa shape index (κ1) is 23.1. The Kier molecular flexibility index (Phi) is 7.72. The lowest BCUT2D eigenvalue weighted by molar-refractivity contribution is 0.332. The Balaban J connectivity index is 1.86. The molecule has 0 saturated carbocycles. The molecular formula is C27H22F4O. The third kappa shape index (κ3) is 5.20. The van der Waals surface area contributed by atoms with Gasteiger partial charge in [0.25, 0.3) is 0 Å². The van der Waals surface area contributed by atoms with Crippen LogP contribution in [0.15, 0.2) is 61.2 Å². The van der Waals surface area contributed by atoms with E-state index >= 15 is 0 Å². The van der Waals surface area contributed by atoms with E-state index in [9.17, 15) is 17.6 Å². The van der Waals surface area contributed by atoms with E-state index in [0.29, 0.717) is 5.56 Å². The minimum Gasteiger partial charge on any atom is -0.486 e. The van der Waals surface area contributed by atoms with E-state index in [0.717, 1.165) is 24.8 Å². The van der Waals surface area contributed by atoms with Gasteiger partial charge in [-0.15, -0.1) is 0 Å². The first-order valence-electron chi connectivity index (χ1n) is 10.3. The molecule has 0 aliphatic carbocycles. The molecular weight excluding hydrogens is 416 g/mol. The number of halogens is 4. The normalized spacial score (nSPS) is 10.4. The summed E-state index contributed by atoms with van der Waals surface area (Å²) in [4.78, 5) is 0. The van der Waals surface area contributed by atoms with Gasteiger partial charge >= 0.3 is 0 Å². The van der Waals surface area contributed by atoms with E-state index in [-0.39, 0.29) is 29.0 Å². The third-order valence-corrected chi connectivity index (χ3v) is 4.90. The molecule has 164 valence electrons. The Morgan fingerprint density at radius 3 is 2.06 bits per heavy atom. The van der Waals surface area contributed by atoms with E-state index in [1.165, 1.54) is 30.3 Å². The molecule has 0 heterocycles. The molecule has 0 unspecified atom stereocenters. The molecule has 3 aromatic rings. The van der Waals surface area contributed by atoms with Crippen molar-refractivity contribution >= 4 is 0 Å². The summed E-state index contributed by atoms with van der Waals surface area (Å²) in [7, 11) is 0. The van der Waals surface area contributed by atoms with Crippen molar-refractivity contribution in [2.24, 2.45) is 0 Å². The number of benzene rings is 3. The Labute approximate surface area is 185 Å². The molecule has 0 aromatic heterocycles. The molecule has 0 spiro atoms. The fourth-order valence-corrected chi connectivity index (χ4v) is 3.12. The monoisotopic (exact) mass is 438 g/mol. The highest BCUT2D eigenvalue weighted by Gasteiger charge is 2.15. The molecule has 0 radical (unpaired) electrons. The number of hydrogen-bond donors (Lipinski definition) is 0. The van der Waals surface area contributed by atoms with Crippen LogP contribution in [0.4, 0.5) is 17.6 Å². The summed E-state index contributed by atoms with van der Waals surface area (Å²) in [6.07, 6.45) is 4.46. The van der Waals surface area contributed by atoms with Gasteiger partial charge in [0.15, 0.2) is 23.2 Å². The quantitative estimate of drug-likeness (QED) is 0.215. The second kappa shape index (κ2) is 10.7. The van der Waals surface area contributed by atoms with Gasteiger partial charge in [0.1, 0.15) is 6.61 Å². The Morgan fingerprint density at radius 1 is 0.812 bits per heavy atom. The van der Waals surface area contributed by atoms with Crippen molar-refractivity contribution in [3.63, 3.8) is 0 Å². The molecule has 1 nitrogen and oxygen atoms in total. The zero-order valence-electron chi connectivity index (χ0n) is 17.7. The van der Waals surface area contributed by atoms with Crippen molar-refractivity contribution < 1.29 is 22.3 Å². The Bertz CT molecular complexity index is 1170. The van der Waals surface area contributed by atoms with Gasteiger partial charge in [0, 0.05) is 5.56 Å². The van der Waals surface area contributed by atoms with Crippen LogP contribution in [0.3, 0.4) is 0 Å². The van der Waals surface area contributed by atoms with Crippen LogP contribution in [0.1, 0.15) is 36.5 Å². The summed E-state index contributed by atoms with van der Waals surface area (Å²) in [5.74, 6) is -0.152. The van der Waals surface area contributed by atoms with Crippen LogP contribution >= 0.6 is 0 Å². The highest BCUT2D eigenvalue weighted by molar-refractivity contribution is 5.66. The molecule has 0 fully saturated rings. The molecule has 3 rings (SSSR count). The van der Waals surface area contributed by atoms with Crippen molar-refractivity contribution in [2.45, 2.75) is 26.2 Å². The minimum absolute atomic E-state index is 0.0136. The van der Waals surface area contributed by atoms with Gasteiger partial charge in [0.05, 0.1) is 11.1 Å². The van der Waals surface area contributed by atoms with Gasteiger partial charge in [-0.05, 0) is 48.2 Å². The van der Waals surface area contributed by atoms with Gasteiger partial charge in [-0.2, -0.15) is 4.39 Å². The number of unbranched alkanes of at least 4 members (excludes halogenated alkanes) is 1. The van der Waals surface area contributed by atoms with Crippen LogP contribution < -0.4 is 4.74 Å². The van der Waals surface area contributed by atoms with Crippen LogP contribution in [0.5, 0.6) is 5.75 Å². The van der Waals surface area contributed by atoms with E-state index in [1.807, 2.05) is 12.1 Å². The third-order valence-electron chi connectivity index (χ3n) is 4.90. The predicted octanol–water partition coefficient (Wildman–Crippen LogP) is 7.22. The van der Waals surface area contributed by atoms with Crippen LogP contribution in [0.25, 0.3) is 11.1 Å². The lowest BCUT2D eigenvalue weighted by atomic mass is 9.99. The van der Waals surface area contributed by atoms with Crippen molar-refractivity contribution in [3.8, 4) is 28.7 Å². The molecule has 0 bridgehead atoms. The molecule has 0 saturated heterocycles. The molecule has 0 atom stereocenters. The smallest absolute Gasteiger partial charge is 0.201 e. The summed E-state index contributed by atoms with van der Waals surface area (Å²) in [6, 6.07) is 12.5. The average molecular weight is 438 g/mol. The summed E-state index contributed by atoms with van der Waals surface area (Å²) in [5.41, 5.74) is 1.24. The molecule has 3 aromatic carbocycles. The second-order valence-corrected chi connectivity index (χ2v) is 7.18. The molecule has 5 heteroatoms. The summed E-state index contributed by atoms with van der Waals surface area (Å²) in [6.45, 7) is 5.55. The topological polar surface area (TPSA) is 9.23 Å². The van der Waals surface area contributed by atoms with Crippen molar-refractivity contribution in [2.75, 3.05) is 6.61 Å². The highest BCUT2D eigenvalue weighted by Crippen LogP contribution is 2.27. The van der Waals surface area contributed by atoms with Gasteiger partial charge < -0.3 is 4.74 Å². The van der Waals surface area contributed by atoms with Crippen LogP contribution in [0.2, 0.25) is 0 Å². The maximum absolute atomic E-state index is 14.7. The van der Waals surface area contributed by atoms with Gasteiger partial charge in [0.2, 0.25) is 5.82 Å². The van der Waals surface area contributed by atoms with Crippen molar-refractivity contribution in [3.05, 3.63) is 101 Å². The van der Waals surface area contributed by atoms with Crippen LogP contribution in [-0.2, 0) is 6.42 Å². The fourth-order valence-electron chi connectivity index (χ4n) is 3.12. The maximum Gasteiger partial charge on any atom is 0.201 e. The standard InChI is InChI=1S/C27H22F4O/c1-3-5-6-18-7-9-19(10-8-18)22-15-13-20(24(28)26(22)30)11-12-21-14-16-23(32-17-4-2)27(31)25(21)29/h4,7-10,13-16H,2-3,5-6,17H2,1H3. The first-order chi connectivity index (χ1) is 15.5. The predicted molar refractivity (Wildman–Crippen MR) is 118 cm³/mol. The van der Waals surface area contributed by atoms with E-state index in [4.69, 9.17) is 4.74 Å². The van der Waals surface area contributed by atoms with E-state index in [1.54, 1.807) is 12.1 Å². The zero-order chi connectivity index (χ0) is 23.1. The molecule has 0 aliphatic rings. The summed E-state index contributed by atoms with van der Waals surface area (Å²) < 4.78 is 62.6. The first-order valence-corrected chi connectivity index (χ1v) is 10.3. The second-order valence-electron chi connectivity index (χ2n) is 7.18. The van der Waals surface area contributed by atoms with Gasteiger partial charge in [-0.25, -0.2) is 13.2 Å². The van der Waals surface area contributed by atoms with Crippen molar-refractivity contribution in [1.82, 2.24) is 0 Å². The lowest BCUT2D eigenvalue weighted by Gasteiger charge is -2.07. The molecule has 0 N–H and O–H groups in total. The number of aryl methyl sites for hydroxylation is 1. The molecule has 0 amide bonds. The van der Waals surface area contributed by atoms with E-state index < -0.39 is 23.3 Å². The Hall–Kier alpha value is -3.52. The highest BCUT2D eigenvalue weighted by atomic mass is 19.2. The van der Waals surface area contributed by atoms with Crippen LogP contribution in [0, 0.1) is 35.1 Å². The maximum atomic E-state index is 14.7. The number of ether oxygens (including phenoxy) is 1. The lowest BCUT2D eigenvalue weighted by Crippen LogP contribution is -1.99. The SMILES string of the molecule is C=CCOc1ccc(C#Cc2ccc(-c3ccc(CCCC)cc3)c(F)c2F)c(F)c1F. The fraction of sp³-hybridized carbons (Fsp3) is 0.185. The van der Waals surface area contributed by atoms with Gasteiger partial charge in [-0.1, -0.05) is 62.1 Å². The van der Waals surface area contributed by atoms with Gasteiger partial charge in [-0.3, -0.25) is 0 Å². The van der Waals surface area contributed by atoms with E-state index in [2.05, 4.69) is 25.3 Å². The average Bonchev–Trinajstić information content (AvgIpc) is 2.81. The van der Waals surface area contributed by atoms with Crippen LogP contribution in [-0.4, -0.2) is 6.61 Å². The molecule has 32 heavy (non-hydrogen) atoms.